The summed E-state index contributed by atoms with van der Waals surface area (Å²) in [6, 6.07) is 5.08. The summed E-state index contributed by atoms with van der Waals surface area (Å²) < 4.78 is 14.1. The average Bonchev–Trinajstić information content (AvgIpc) is 2.40. The van der Waals surface area contributed by atoms with E-state index in [1.807, 2.05) is 6.07 Å². The molecule has 0 amide bonds. The summed E-state index contributed by atoms with van der Waals surface area (Å²) in [4.78, 5) is 2.13. The highest BCUT2D eigenvalue weighted by Gasteiger charge is 2.21. The predicted molar refractivity (Wildman–Crippen MR) is 76.9 cm³/mol. The minimum atomic E-state index is -0.612. The van der Waals surface area contributed by atoms with Crippen molar-refractivity contribution in [1.29, 1.82) is 0 Å². The van der Waals surface area contributed by atoms with Crippen LogP contribution in [0.25, 0.3) is 0 Å². The van der Waals surface area contributed by atoms with Crippen LogP contribution >= 0.6 is 0 Å². The van der Waals surface area contributed by atoms with Crippen molar-refractivity contribution in [2.45, 2.75) is 45.6 Å². The Morgan fingerprint density at radius 1 is 1.37 bits per heavy atom. The summed E-state index contributed by atoms with van der Waals surface area (Å²) in [6.45, 7) is 5.76. The monoisotopic (exact) mass is 265 g/mol. The standard InChI is InChI=1S/C16H24FNO/c1-3-4-13-7-9-18(10-8-13)16-6-5-14(12(2)19)11-15(16)17/h5-6,11-13,19H,3-4,7-10H2,1-2H3/t12-/m1/s1. The molecule has 0 aromatic heterocycles. The largest absolute Gasteiger partial charge is 0.389 e. The van der Waals surface area contributed by atoms with Crippen molar-refractivity contribution in [1.82, 2.24) is 0 Å². The fourth-order valence-electron chi connectivity index (χ4n) is 2.91. The van der Waals surface area contributed by atoms with Gasteiger partial charge in [-0.25, -0.2) is 4.39 Å². The van der Waals surface area contributed by atoms with Crippen LogP contribution in [0.1, 0.15) is 51.2 Å². The van der Waals surface area contributed by atoms with E-state index in [0.29, 0.717) is 11.3 Å². The Bertz CT molecular complexity index is 411. The topological polar surface area (TPSA) is 23.5 Å². The molecule has 1 atom stereocenters. The van der Waals surface area contributed by atoms with Gasteiger partial charge in [-0.05, 0) is 43.4 Å². The van der Waals surface area contributed by atoms with Gasteiger partial charge < -0.3 is 10.0 Å². The third kappa shape index (κ3) is 3.47. The first-order chi connectivity index (χ1) is 9.11. The fourth-order valence-corrected chi connectivity index (χ4v) is 2.91. The number of rotatable bonds is 4. The summed E-state index contributed by atoms with van der Waals surface area (Å²) in [5.74, 6) is 0.591. The van der Waals surface area contributed by atoms with Crippen LogP contribution in [0.5, 0.6) is 0 Å². The lowest BCUT2D eigenvalue weighted by molar-refractivity contribution is 0.199. The highest BCUT2D eigenvalue weighted by atomic mass is 19.1. The van der Waals surface area contributed by atoms with Gasteiger partial charge in [0.2, 0.25) is 0 Å². The number of anilines is 1. The summed E-state index contributed by atoms with van der Waals surface area (Å²) >= 11 is 0. The smallest absolute Gasteiger partial charge is 0.146 e. The van der Waals surface area contributed by atoms with Gasteiger partial charge in [-0.3, -0.25) is 0 Å². The third-order valence-electron chi connectivity index (χ3n) is 4.11. The number of aliphatic hydroxyl groups excluding tert-OH is 1. The van der Waals surface area contributed by atoms with E-state index >= 15 is 0 Å². The van der Waals surface area contributed by atoms with Gasteiger partial charge in [0, 0.05) is 13.1 Å². The van der Waals surface area contributed by atoms with E-state index in [1.54, 1.807) is 13.0 Å². The Morgan fingerprint density at radius 2 is 2.05 bits per heavy atom. The molecule has 1 aliphatic rings. The first kappa shape index (κ1) is 14.3. The Hall–Kier alpha value is -1.09. The number of piperidine rings is 1. The van der Waals surface area contributed by atoms with E-state index in [4.69, 9.17) is 0 Å². The van der Waals surface area contributed by atoms with Crippen molar-refractivity contribution in [3.8, 4) is 0 Å². The van der Waals surface area contributed by atoms with E-state index in [0.717, 1.165) is 31.8 Å². The Morgan fingerprint density at radius 3 is 2.58 bits per heavy atom. The van der Waals surface area contributed by atoms with Crippen LogP contribution in [0.4, 0.5) is 10.1 Å². The van der Waals surface area contributed by atoms with E-state index in [1.165, 1.54) is 18.9 Å². The minimum Gasteiger partial charge on any atom is -0.389 e. The molecular formula is C16H24FNO. The molecule has 1 N–H and O–H groups in total. The molecule has 0 saturated carbocycles. The maximum absolute atomic E-state index is 14.1. The maximum Gasteiger partial charge on any atom is 0.146 e. The molecule has 0 spiro atoms. The second kappa shape index (κ2) is 6.38. The van der Waals surface area contributed by atoms with Crippen molar-refractivity contribution < 1.29 is 9.50 Å². The van der Waals surface area contributed by atoms with Crippen LogP contribution in [0.3, 0.4) is 0 Å². The SMILES string of the molecule is CCCC1CCN(c2ccc([C@@H](C)O)cc2F)CC1. The van der Waals surface area contributed by atoms with Gasteiger partial charge in [-0.15, -0.1) is 0 Å². The fraction of sp³-hybridized carbons (Fsp3) is 0.625. The molecule has 0 unspecified atom stereocenters. The van der Waals surface area contributed by atoms with E-state index < -0.39 is 6.10 Å². The number of hydrogen-bond acceptors (Lipinski definition) is 2. The second-order valence-electron chi connectivity index (χ2n) is 5.61. The minimum absolute atomic E-state index is 0.215. The van der Waals surface area contributed by atoms with Crippen LogP contribution in [-0.2, 0) is 0 Å². The summed E-state index contributed by atoms with van der Waals surface area (Å²) in [5, 5.41) is 9.46. The van der Waals surface area contributed by atoms with Crippen molar-refractivity contribution in [3.63, 3.8) is 0 Å². The van der Waals surface area contributed by atoms with Crippen molar-refractivity contribution in [2.24, 2.45) is 5.92 Å². The highest BCUT2D eigenvalue weighted by molar-refractivity contribution is 5.49. The summed E-state index contributed by atoms with van der Waals surface area (Å²) in [6.07, 6.45) is 4.23. The molecule has 1 aliphatic heterocycles. The van der Waals surface area contributed by atoms with E-state index in [-0.39, 0.29) is 5.82 Å². The molecule has 1 saturated heterocycles. The first-order valence-corrected chi connectivity index (χ1v) is 7.34. The van der Waals surface area contributed by atoms with Gasteiger partial charge in [0.15, 0.2) is 0 Å². The molecule has 0 aliphatic carbocycles. The molecule has 1 aromatic rings. The van der Waals surface area contributed by atoms with Gasteiger partial charge in [0.25, 0.3) is 0 Å². The highest BCUT2D eigenvalue weighted by Crippen LogP contribution is 2.29. The van der Waals surface area contributed by atoms with Crippen LogP contribution < -0.4 is 4.90 Å². The average molecular weight is 265 g/mol. The number of nitrogens with zero attached hydrogens (tertiary/aromatic N) is 1. The lowest BCUT2D eigenvalue weighted by atomic mass is 9.92. The van der Waals surface area contributed by atoms with Gasteiger partial charge in [0.05, 0.1) is 11.8 Å². The van der Waals surface area contributed by atoms with Crippen LogP contribution in [0.2, 0.25) is 0 Å². The number of aliphatic hydroxyl groups is 1. The number of halogens is 1. The van der Waals surface area contributed by atoms with Crippen LogP contribution in [-0.4, -0.2) is 18.2 Å². The molecule has 1 aromatic carbocycles. The Kier molecular flexibility index (Phi) is 4.81. The van der Waals surface area contributed by atoms with Gasteiger partial charge in [-0.2, -0.15) is 0 Å². The van der Waals surface area contributed by atoms with Crippen LogP contribution in [0, 0.1) is 11.7 Å². The number of hydrogen-bond donors (Lipinski definition) is 1. The molecule has 0 radical (unpaired) electrons. The molecule has 1 fully saturated rings. The van der Waals surface area contributed by atoms with Crippen LogP contribution in [0.15, 0.2) is 18.2 Å². The quantitative estimate of drug-likeness (QED) is 0.892. The maximum atomic E-state index is 14.1. The van der Waals surface area contributed by atoms with Gasteiger partial charge in [0.1, 0.15) is 5.82 Å². The number of benzene rings is 1. The van der Waals surface area contributed by atoms with E-state index in [2.05, 4.69) is 11.8 Å². The summed E-state index contributed by atoms with van der Waals surface area (Å²) in [5.41, 5.74) is 1.32. The van der Waals surface area contributed by atoms with Crippen molar-refractivity contribution in [3.05, 3.63) is 29.6 Å². The van der Waals surface area contributed by atoms with E-state index in [9.17, 15) is 9.50 Å². The molecule has 2 rings (SSSR count). The predicted octanol–water partition coefficient (Wildman–Crippen LogP) is 3.90. The van der Waals surface area contributed by atoms with Gasteiger partial charge >= 0.3 is 0 Å². The normalized spacial score (nSPS) is 18.6. The second-order valence-corrected chi connectivity index (χ2v) is 5.61. The molecule has 0 bridgehead atoms. The molecular weight excluding hydrogens is 241 g/mol. The molecule has 2 nitrogen and oxygen atoms in total. The first-order valence-electron chi connectivity index (χ1n) is 7.34. The lowest BCUT2D eigenvalue weighted by Gasteiger charge is -2.33. The van der Waals surface area contributed by atoms with Crippen molar-refractivity contribution >= 4 is 5.69 Å². The third-order valence-corrected chi connectivity index (χ3v) is 4.11. The zero-order valence-corrected chi connectivity index (χ0v) is 11.9. The molecule has 19 heavy (non-hydrogen) atoms. The zero-order valence-electron chi connectivity index (χ0n) is 11.9. The van der Waals surface area contributed by atoms with Crippen molar-refractivity contribution in [2.75, 3.05) is 18.0 Å². The Labute approximate surface area is 115 Å². The lowest BCUT2D eigenvalue weighted by Crippen LogP contribution is -2.34. The van der Waals surface area contributed by atoms with Gasteiger partial charge in [-0.1, -0.05) is 25.8 Å². The molecule has 1 heterocycles. The summed E-state index contributed by atoms with van der Waals surface area (Å²) in [7, 11) is 0. The molecule has 106 valence electrons. The zero-order chi connectivity index (χ0) is 13.8. The molecule has 3 heteroatoms. The Balaban J connectivity index is 2.03.